The minimum absolute atomic E-state index is 0.102. The molecule has 0 unspecified atom stereocenters. The number of phenolic OH excluding ortho intramolecular Hbond substituents is 1. The van der Waals surface area contributed by atoms with Crippen LogP contribution in [-0.4, -0.2) is 36.1 Å². The molecule has 1 atom stereocenters. The number of carbonyl (C=O) groups is 3. The molecule has 8 nitrogen and oxygen atoms in total. The van der Waals surface area contributed by atoms with E-state index in [0.29, 0.717) is 5.75 Å². The number of primary amides is 1. The number of nitrogens with one attached hydrogen (secondary N) is 1. The first-order valence-corrected chi connectivity index (χ1v) is 7.97. The van der Waals surface area contributed by atoms with Crippen molar-refractivity contribution in [2.75, 3.05) is 12.4 Å². The molecule has 0 aliphatic carbocycles. The van der Waals surface area contributed by atoms with Crippen molar-refractivity contribution in [2.24, 2.45) is 5.73 Å². The minimum Gasteiger partial charge on any atom is -0.507 e. The Morgan fingerprint density at radius 3 is 2.56 bits per heavy atom. The van der Waals surface area contributed by atoms with E-state index in [0.717, 1.165) is 11.3 Å². The van der Waals surface area contributed by atoms with Crippen LogP contribution in [-0.2, 0) is 9.53 Å². The van der Waals surface area contributed by atoms with Crippen molar-refractivity contribution in [2.45, 2.75) is 13.0 Å². The van der Waals surface area contributed by atoms with E-state index in [4.69, 9.17) is 15.2 Å². The zero-order chi connectivity index (χ0) is 18.6. The van der Waals surface area contributed by atoms with E-state index in [2.05, 4.69) is 5.32 Å². The number of anilines is 1. The Balaban J connectivity index is 2.04. The number of esters is 1. The number of carbonyl (C=O) groups excluding carboxylic acids is 3. The summed E-state index contributed by atoms with van der Waals surface area (Å²) in [5, 5.41) is 14.2. The quantitative estimate of drug-likeness (QED) is 0.670. The second kappa shape index (κ2) is 7.67. The third kappa shape index (κ3) is 4.27. The number of benzene rings is 1. The summed E-state index contributed by atoms with van der Waals surface area (Å²) in [6.45, 7) is 1.37. The molecule has 25 heavy (non-hydrogen) atoms. The van der Waals surface area contributed by atoms with Crippen LogP contribution in [0, 0.1) is 0 Å². The third-order valence-electron chi connectivity index (χ3n) is 3.25. The maximum atomic E-state index is 12.1. The number of nitrogens with two attached hydrogens (primary N) is 1. The number of methoxy groups -OCH3 is 1. The Morgan fingerprint density at radius 2 is 1.96 bits per heavy atom. The van der Waals surface area contributed by atoms with Gasteiger partial charge >= 0.3 is 5.97 Å². The molecule has 1 aromatic heterocycles. The second-order valence-electron chi connectivity index (χ2n) is 4.95. The van der Waals surface area contributed by atoms with Crippen LogP contribution in [0.15, 0.2) is 29.6 Å². The number of phenols is 1. The lowest BCUT2D eigenvalue weighted by Crippen LogP contribution is -2.30. The third-order valence-corrected chi connectivity index (χ3v) is 4.08. The molecule has 0 fully saturated rings. The van der Waals surface area contributed by atoms with Crippen molar-refractivity contribution >= 4 is 34.1 Å². The van der Waals surface area contributed by atoms with Crippen molar-refractivity contribution in [1.29, 1.82) is 0 Å². The van der Waals surface area contributed by atoms with Gasteiger partial charge < -0.3 is 25.6 Å². The zero-order valence-corrected chi connectivity index (χ0v) is 14.3. The standard InChI is InChI=1S/C16H16N2O6S/c1-8(14(21)18-15-11(13(17)20)5-6-25-15)24-16(22)10-4-3-9(23-2)7-12(10)19/h3-8,19H,1-2H3,(H2,17,20)(H,18,21)/t8-/m0/s1. The molecule has 1 heterocycles. The van der Waals surface area contributed by atoms with Crippen molar-refractivity contribution < 1.29 is 29.0 Å². The summed E-state index contributed by atoms with van der Waals surface area (Å²) in [5.41, 5.74) is 5.27. The molecular formula is C16H16N2O6S. The van der Waals surface area contributed by atoms with Gasteiger partial charge in [-0.2, -0.15) is 0 Å². The molecule has 2 aromatic rings. The van der Waals surface area contributed by atoms with Gasteiger partial charge in [0.25, 0.3) is 11.8 Å². The molecule has 0 aliphatic rings. The van der Waals surface area contributed by atoms with Crippen LogP contribution >= 0.6 is 11.3 Å². The highest BCUT2D eigenvalue weighted by molar-refractivity contribution is 7.14. The molecular weight excluding hydrogens is 348 g/mol. The molecule has 0 aliphatic heterocycles. The molecule has 2 amide bonds. The highest BCUT2D eigenvalue weighted by Gasteiger charge is 2.23. The minimum atomic E-state index is -1.16. The van der Waals surface area contributed by atoms with Gasteiger partial charge in [-0.3, -0.25) is 9.59 Å². The van der Waals surface area contributed by atoms with E-state index in [1.807, 2.05) is 0 Å². The first-order valence-electron chi connectivity index (χ1n) is 7.09. The van der Waals surface area contributed by atoms with Gasteiger partial charge in [-0.1, -0.05) is 0 Å². The monoisotopic (exact) mass is 364 g/mol. The second-order valence-corrected chi connectivity index (χ2v) is 5.86. The number of ether oxygens (including phenoxy) is 2. The van der Waals surface area contributed by atoms with Gasteiger partial charge in [0, 0.05) is 6.07 Å². The van der Waals surface area contributed by atoms with Gasteiger partial charge in [0.05, 0.1) is 12.7 Å². The molecule has 4 N–H and O–H groups in total. The Kier molecular flexibility index (Phi) is 5.60. The van der Waals surface area contributed by atoms with Crippen LogP contribution < -0.4 is 15.8 Å². The SMILES string of the molecule is COc1ccc(C(=O)O[C@@H](C)C(=O)Nc2sccc2C(N)=O)c(O)c1. The Bertz CT molecular complexity index is 817. The molecule has 132 valence electrons. The summed E-state index contributed by atoms with van der Waals surface area (Å²) in [6.07, 6.45) is -1.16. The average molecular weight is 364 g/mol. The fourth-order valence-electron chi connectivity index (χ4n) is 1.90. The fourth-order valence-corrected chi connectivity index (χ4v) is 2.70. The lowest BCUT2D eigenvalue weighted by Gasteiger charge is -2.14. The summed E-state index contributed by atoms with van der Waals surface area (Å²) in [7, 11) is 1.42. The molecule has 2 rings (SSSR count). The number of aromatic hydroxyl groups is 1. The topological polar surface area (TPSA) is 128 Å². The van der Waals surface area contributed by atoms with Crippen molar-refractivity contribution in [1.82, 2.24) is 0 Å². The Labute approximate surface area is 147 Å². The highest BCUT2D eigenvalue weighted by atomic mass is 32.1. The van der Waals surface area contributed by atoms with Crippen LogP contribution in [0.3, 0.4) is 0 Å². The zero-order valence-electron chi connectivity index (χ0n) is 13.4. The van der Waals surface area contributed by atoms with Gasteiger partial charge in [-0.05, 0) is 30.5 Å². The van der Waals surface area contributed by atoms with Crippen LogP contribution in [0.4, 0.5) is 5.00 Å². The van der Waals surface area contributed by atoms with E-state index in [1.54, 1.807) is 5.38 Å². The predicted octanol–water partition coefficient (Wildman–Crippen LogP) is 1.75. The van der Waals surface area contributed by atoms with Crippen LogP contribution in [0.2, 0.25) is 0 Å². The number of hydrogen-bond donors (Lipinski definition) is 3. The molecule has 0 bridgehead atoms. The van der Waals surface area contributed by atoms with Crippen molar-refractivity contribution in [3.63, 3.8) is 0 Å². The van der Waals surface area contributed by atoms with Gasteiger partial charge in [-0.15, -0.1) is 11.3 Å². The molecule has 0 spiro atoms. The summed E-state index contributed by atoms with van der Waals surface area (Å²) in [5.74, 6) is -2.14. The van der Waals surface area contributed by atoms with E-state index < -0.39 is 23.9 Å². The molecule has 0 saturated heterocycles. The largest absolute Gasteiger partial charge is 0.507 e. The van der Waals surface area contributed by atoms with Gasteiger partial charge in [0.1, 0.15) is 22.1 Å². The lowest BCUT2D eigenvalue weighted by molar-refractivity contribution is -0.123. The molecule has 1 aromatic carbocycles. The van der Waals surface area contributed by atoms with Crippen molar-refractivity contribution in [3.8, 4) is 11.5 Å². The summed E-state index contributed by atoms with van der Waals surface area (Å²) in [6, 6.07) is 5.54. The summed E-state index contributed by atoms with van der Waals surface area (Å²) >= 11 is 1.12. The highest BCUT2D eigenvalue weighted by Crippen LogP contribution is 2.25. The molecule has 0 radical (unpaired) electrons. The molecule has 9 heteroatoms. The van der Waals surface area contributed by atoms with Crippen LogP contribution in [0.1, 0.15) is 27.6 Å². The predicted molar refractivity (Wildman–Crippen MR) is 91.0 cm³/mol. The average Bonchev–Trinajstić information content (AvgIpc) is 3.02. The van der Waals surface area contributed by atoms with Crippen LogP contribution in [0.5, 0.6) is 11.5 Å². The number of amides is 2. The van der Waals surface area contributed by atoms with Crippen LogP contribution in [0.25, 0.3) is 0 Å². The molecule has 0 saturated carbocycles. The van der Waals surface area contributed by atoms with Crippen molar-refractivity contribution in [3.05, 3.63) is 40.8 Å². The number of rotatable bonds is 6. The number of hydrogen-bond acceptors (Lipinski definition) is 7. The van der Waals surface area contributed by atoms with Gasteiger partial charge in [0.15, 0.2) is 6.10 Å². The van der Waals surface area contributed by atoms with Gasteiger partial charge in [0.2, 0.25) is 0 Å². The normalized spacial score (nSPS) is 11.4. The van der Waals surface area contributed by atoms with E-state index in [1.165, 1.54) is 38.3 Å². The lowest BCUT2D eigenvalue weighted by atomic mass is 10.2. The van der Waals surface area contributed by atoms with E-state index in [-0.39, 0.29) is 21.9 Å². The Morgan fingerprint density at radius 1 is 1.24 bits per heavy atom. The Hall–Kier alpha value is -3.07. The van der Waals surface area contributed by atoms with Gasteiger partial charge in [-0.25, -0.2) is 4.79 Å². The summed E-state index contributed by atoms with van der Waals surface area (Å²) < 4.78 is 9.96. The van der Waals surface area contributed by atoms with E-state index >= 15 is 0 Å². The first-order chi connectivity index (χ1) is 11.8. The summed E-state index contributed by atoms with van der Waals surface area (Å²) in [4.78, 5) is 35.4. The maximum absolute atomic E-state index is 12.1. The smallest absolute Gasteiger partial charge is 0.342 e. The first kappa shape index (κ1) is 18.3. The number of thiophene rings is 1. The fraction of sp³-hybridized carbons (Fsp3) is 0.188. The van der Waals surface area contributed by atoms with E-state index in [9.17, 15) is 19.5 Å². The maximum Gasteiger partial charge on any atom is 0.342 e.